The molecule has 4 aliphatic carbocycles. The zero-order valence-corrected chi connectivity index (χ0v) is 13.6. The highest BCUT2D eigenvalue weighted by molar-refractivity contribution is 5.92. The predicted octanol–water partition coefficient (Wildman–Crippen LogP) is 4.28. The Morgan fingerprint density at radius 3 is 2.67 bits per heavy atom. The molecule has 116 valence electrons. The van der Waals surface area contributed by atoms with Gasteiger partial charge in [0.05, 0.1) is 0 Å². The molecule has 0 heterocycles. The largest absolute Gasteiger partial charge is 0.300 e. The second-order valence-corrected chi connectivity index (χ2v) is 8.38. The first-order chi connectivity index (χ1) is 10.1. The molecule has 0 aromatic rings. The predicted molar refractivity (Wildman–Crippen MR) is 85.5 cm³/mol. The lowest BCUT2D eigenvalue weighted by Gasteiger charge is -2.54. The van der Waals surface area contributed by atoms with E-state index < -0.39 is 0 Å². The van der Waals surface area contributed by atoms with Crippen LogP contribution < -0.4 is 0 Å². The molecule has 2 nitrogen and oxygen atoms in total. The van der Waals surface area contributed by atoms with Gasteiger partial charge >= 0.3 is 0 Å². The molecule has 0 aromatic carbocycles. The Balaban J connectivity index is 1.59. The molecule has 0 radical (unpaired) electrons. The Bertz CT molecular complexity index is 482. The lowest BCUT2D eigenvalue weighted by molar-refractivity contribution is -0.126. The molecule has 0 N–H and O–H groups in total. The second kappa shape index (κ2) is 4.93. The Hall–Kier alpha value is -0.660. The van der Waals surface area contributed by atoms with Crippen LogP contribution in [-0.4, -0.2) is 18.5 Å². The summed E-state index contributed by atoms with van der Waals surface area (Å²) in [5.74, 6) is 4.87. The van der Waals surface area contributed by atoms with Crippen molar-refractivity contribution in [2.75, 3.05) is 7.05 Å². The molecule has 4 rings (SSSR count). The first kappa shape index (κ1) is 14.0. The van der Waals surface area contributed by atoms with Crippen molar-refractivity contribution in [3.63, 3.8) is 0 Å². The van der Waals surface area contributed by atoms with Gasteiger partial charge in [0.15, 0.2) is 0 Å². The molecule has 0 aromatic heterocycles. The van der Waals surface area contributed by atoms with Gasteiger partial charge in [-0.1, -0.05) is 6.92 Å². The smallest absolute Gasteiger partial charge is 0.133 e. The normalized spacial score (nSPS) is 51.4. The van der Waals surface area contributed by atoms with Crippen LogP contribution in [0.15, 0.2) is 4.99 Å². The van der Waals surface area contributed by atoms with Gasteiger partial charge in [-0.3, -0.25) is 9.79 Å². The van der Waals surface area contributed by atoms with Gasteiger partial charge in [-0.2, -0.15) is 0 Å². The van der Waals surface area contributed by atoms with Crippen molar-refractivity contribution in [2.45, 2.75) is 64.7 Å². The third-order valence-corrected chi connectivity index (χ3v) is 7.78. The number of carbonyl (C=O) groups is 1. The summed E-state index contributed by atoms with van der Waals surface area (Å²) in [5, 5.41) is 0. The van der Waals surface area contributed by atoms with E-state index in [1.54, 1.807) is 0 Å². The van der Waals surface area contributed by atoms with Crippen LogP contribution in [-0.2, 0) is 4.79 Å². The summed E-state index contributed by atoms with van der Waals surface area (Å²) in [5.41, 5.74) is 1.92. The van der Waals surface area contributed by atoms with Gasteiger partial charge in [0.25, 0.3) is 0 Å². The molecule has 0 saturated heterocycles. The van der Waals surface area contributed by atoms with Crippen LogP contribution in [0, 0.1) is 35.0 Å². The number of ketones is 1. The van der Waals surface area contributed by atoms with E-state index in [1.807, 2.05) is 7.05 Å². The van der Waals surface area contributed by atoms with E-state index in [0.717, 1.165) is 42.4 Å². The van der Waals surface area contributed by atoms with Crippen molar-refractivity contribution in [1.82, 2.24) is 0 Å². The van der Waals surface area contributed by atoms with Gasteiger partial charge in [-0.25, -0.2) is 0 Å². The lowest BCUT2D eigenvalue weighted by atomic mass is 9.50. The highest BCUT2D eigenvalue weighted by Gasteiger charge is 2.55. The van der Waals surface area contributed by atoms with E-state index in [1.165, 1.54) is 50.7 Å². The number of carbonyl (C=O) groups excluding carboxylic acids is 1. The number of aliphatic imine (C=N–C) groups is 1. The van der Waals surface area contributed by atoms with Gasteiger partial charge in [0, 0.05) is 31.0 Å². The standard InChI is InChI=1S/C19H29NO/c1-19-10-9-15-14-6-4-13(21)11-12(14)3-5-16(15)17(19)7-8-18(19)20-2/h12,14-17H,3-11H2,1-2H3. The Morgan fingerprint density at radius 2 is 1.86 bits per heavy atom. The summed E-state index contributed by atoms with van der Waals surface area (Å²) in [6, 6.07) is 0. The third kappa shape index (κ3) is 1.97. The molecule has 4 fully saturated rings. The number of hydrogen-bond donors (Lipinski definition) is 0. The van der Waals surface area contributed by atoms with Crippen LogP contribution >= 0.6 is 0 Å². The fourth-order valence-corrected chi connectivity index (χ4v) is 6.82. The van der Waals surface area contributed by atoms with Crippen LogP contribution in [0.2, 0.25) is 0 Å². The molecule has 0 bridgehead atoms. The van der Waals surface area contributed by atoms with E-state index in [2.05, 4.69) is 11.9 Å². The van der Waals surface area contributed by atoms with Gasteiger partial charge in [-0.05, 0) is 74.5 Å². The summed E-state index contributed by atoms with van der Waals surface area (Å²) in [4.78, 5) is 16.4. The Labute approximate surface area is 128 Å². The molecule has 0 spiro atoms. The molecule has 21 heavy (non-hydrogen) atoms. The molecule has 4 aliphatic rings. The topological polar surface area (TPSA) is 29.4 Å². The zero-order chi connectivity index (χ0) is 14.6. The molecule has 6 atom stereocenters. The average Bonchev–Trinajstić information content (AvgIpc) is 2.83. The Kier molecular flexibility index (Phi) is 3.28. The van der Waals surface area contributed by atoms with Crippen LogP contribution in [0.25, 0.3) is 0 Å². The van der Waals surface area contributed by atoms with Crippen molar-refractivity contribution in [1.29, 1.82) is 0 Å². The number of rotatable bonds is 0. The van der Waals surface area contributed by atoms with Crippen molar-refractivity contribution < 1.29 is 4.79 Å². The Morgan fingerprint density at radius 1 is 1.00 bits per heavy atom. The van der Waals surface area contributed by atoms with Crippen molar-refractivity contribution in [3.8, 4) is 0 Å². The molecule has 0 aliphatic heterocycles. The molecule has 6 unspecified atom stereocenters. The van der Waals surface area contributed by atoms with E-state index >= 15 is 0 Å². The summed E-state index contributed by atoms with van der Waals surface area (Å²) < 4.78 is 0. The van der Waals surface area contributed by atoms with Crippen LogP contribution in [0.1, 0.15) is 64.7 Å². The fraction of sp³-hybridized carbons (Fsp3) is 0.895. The van der Waals surface area contributed by atoms with Gasteiger partial charge in [0.1, 0.15) is 5.78 Å². The van der Waals surface area contributed by atoms with Crippen LogP contribution in [0.4, 0.5) is 0 Å². The molecule has 2 heteroatoms. The van der Waals surface area contributed by atoms with Crippen molar-refractivity contribution in [2.24, 2.45) is 40.0 Å². The third-order valence-electron chi connectivity index (χ3n) is 7.78. The van der Waals surface area contributed by atoms with Crippen LogP contribution in [0.3, 0.4) is 0 Å². The first-order valence-electron chi connectivity index (χ1n) is 9.11. The monoisotopic (exact) mass is 287 g/mol. The minimum Gasteiger partial charge on any atom is -0.300 e. The van der Waals surface area contributed by atoms with E-state index in [0.29, 0.717) is 11.2 Å². The minimum atomic E-state index is 0.410. The average molecular weight is 287 g/mol. The summed E-state index contributed by atoms with van der Waals surface area (Å²) >= 11 is 0. The summed E-state index contributed by atoms with van der Waals surface area (Å²) in [6.45, 7) is 2.50. The summed E-state index contributed by atoms with van der Waals surface area (Å²) in [6.07, 6.45) is 11.0. The number of fused-ring (bicyclic) bond motifs is 5. The molecular weight excluding hydrogens is 258 g/mol. The van der Waals surface area contributed by atoms with Crippen molar-refractivity contribution in [3.05, 3.63) is 0 Å². The second-order valence-electron chi connectivity index (χ2n) is 8.38. The van der Waals surface area contributed by atoms with Gasteiger partial charge in [0.2, 0.25) is 0 Å². The lowest BCUT2D eigenvalue weighted by Crippen LogP contribution is -2.48. The van der Waals surface area contributed by atoms with E-state index in [-0.39, 0.29) is 0 Å². The highest BCUT2D eigenvalue weighted by atomic mass is 16.1. The summed E-state index contributed by atoms with van der Waals surface area (Å²) in [7, 11) is 2.00. The highest BCUT2D eigenvalue weighted by Crippen LogP contribution is 2.61. The number of hydrogen-bond acceptors (Lipinski definition) is 2. The molecular formula is C19H29NO. The quantitative estimate of drug-likeness (QED) is 0.654. The van der Waals surface area contributed by atoms with Gasteiger partial charge < -0.3 is 0 Å². The SMILES string of the molecule is CN=C1CCC2C3CCC4CC(=O)CCC4C3CCC12C. The minimum absolute atomic E-state index is 0.410. The number of Topliss-reactive ketones (excluding diaryl/α,β-unsaturated/α-hetero) is 1. The van der Waals surface area contributed by atoms with Gasteiger partial charge in [-0.15, -0.1) is 0 Å². The zero-order valence-electron chi connectivity index (χ0n) is 13.6. The first-order valence-corrected chi connectivity index (χ1v) is 9.11. The maximum absolute atomic E-state index is 11.8. The van der Waals surface area contributed by atoms with E-state index in [4.69, 9.17) is 0 Å². The van der Waals surface area contributed by atoms with E-state index in [9.17, 15) is 4.79 Å². The fourth-order valence-electron chi connectivity index (χ4n) is 6.82. The molecule has 0 amide bonds. The number of nitrogens with zero attached hydrogens (tertiary/aromatic N) is 1. The van der Waals surface area contributed by atoms with Crippen molar-refractivity contribution >= 4 is 11.5 Å². The van der Waals surface area contributed by atoms with Crippen LogP contribution in [0.5, 0.6) is 0 Å². The molecule has 4 saturated carbocycles. The maximum Gasteiger partial charge on any atom is 0.133 e. The maximum atomic E-state index is 11.8.